The molecule has 4 aromatic rings. The molecular formula is C26H24O3PS+. The lowest BCUT2D eigenvalue weighted by atomic mass is 10.1. The Morgan fingerprint density at radius 3 is 1.65 bits per heavy atom. The second-order valence-corrected chi connectivity index (χ2v) is 12.3. The predicted molar refractivity (Wildman–Crippen MR) is 131 cm³/mol. The standard InChI is InChI=1S/C26H23O3PS/c1-20-17-18-24(19-21(20)2)30(22-11-5-3-6-12-22,23-13-7-4-8-14-23)25-15-9-10-16-26(25)31(27,28)29/h3-19H,1-2H3/p+1. The van der Waals surface area contributed by atoms with Crippen LogP contribution in [-0.4, -0.2) is 13.0 Å². The number of hydrogen-bond acceptors (Lipinski definition) is 2. The molecule has 31 heavy (non-hydrogen) atoms. The van der Waals surface area contributed by atoms with E-state index in [4.69, 9.17) is 0 Å². The molecule has 0 heterocycles. The van der Waals surface area contributed by atoms with Gasteiger partial charge in [-0.2, -0.15) is 8.42 Å². The molecule has 1 N–H and O–H groups in total. The van der Waals surface area contributed by atoms with E-state index < -0.39 is 17.4 Å². The largest absolute Gasteiger partial charge is 0.298 e. The summed E-state index contributed by atoms with van der Waals surface area (Å²) in [5, 5.41) is 3.73. The van der Waals surface area contributed by atoms with Crippen molar-refractivity contribution < 1.29 is 13.0 Å². The van der Waals surface area contributed by atoms with Crippen LogP contribution in [0.3, 0.4) is 0 Å². The Labute approximate surface area is 184 Å². The summed E-state index contributed by atoms with van der Waals surface area (Å²) in [7, 11) is -7.06. The predicted octanol–water partition coefficient (Wildman–Crippen LogP) is 4.17. The molecule has 0 unspecified atom stereocenters. The summed E-state index contributed by atoms with van der Waals surface area (Å²) >= 11 is 0. The Morgan fingerprint density at radius 2 is 1.13 bits per heavy atom. The summed E-state index contributed by atoms with van der Waals surface area (Å²) in [5.41, 5.74) is 2.31. The van der Waals surface area contributed by atoms with Crippen molar-refractivity contribution in [2.75, 3.05) is 0 Å². The van der Waals surface area contributed by atoms with Crippen LogP contribution in [0.5, 0.6) is 0 Å². The van der Waals surface area contributed by atoms with E-state index in [1.54, 1.807) is 6.07 Å². The molecule has 0 amide bonds. The summed E-state index contributed by atoms with van der Waals surface area (Å²) < 4.78 is 35.1. The highest BCUT2D eigenvalue weighted by Crippen LogP contribution is 2.55. The average Bonchev–Trinajstić information content (AvgIpc) is 2.78. The fourth-order valence-corrected chi connectivity index (χ4v) is 9.76. The second-order valence-electron chi connectivity index (χ2n) is 7.55. The van der Waals surface area contributed by atoms with Crippen molar-refractivity contribution in [3.63, 3.8) is 0 Å². The Bertz CT molecular complexity index is 1280. The van der Waals surface area contributed by atoms with Crippen LogP contribution in [0.4, 0.5) is 0 Å². The fourth-order valence-electron chi connectivity index (χ4n) is 4.05. The van der Waals surface area contributed by atoms with Crippen LogP contribution in [0.2, 0.25) is 0 Å². The highest BCUT2D eigenvalue weighted by Gasteiger charge is 2.50. The van der Waals surface area contributed by atoms with E-state index in [-0.39, 0.29) is 4.90 Å². The molecule has 0 spiro atoms. The zero-order chi connectivity index (χ0) is 22.1. The molecule has 0 aliphatic rings. The first kappa shape index (κ1) is 21.5. The smallest absolute Gasteiger partial charge is 0.282 e. The van der Waals surface area contributed by atoms with E-state index in [2.05, 4.69) is 56.3 Å². The minimum atomic E-state index is -4.43. The number of rotatable bonds is 5. The van der Waals surface area contributed by atoms with Gasteiger partial charge in [0.25, 0.3) is 10.1 Å². The zero-order valence-corrected chi connectivity index (χ0v) is 19.1. The molecule has 4 aromatic carbocycles. The van der Waals surface area contributed by atoms with Gasteiger partial charge in [0.05, 0.1) is 0 Å². The van der Waals surface area contributed by atoms with Crippen molar-refractivity contribution in [2.24, 2.45) is 0 Å². The monoisotopic (exact) mass is 447 g/mol. The number of hydrogen-bond donors (Lipinski definition) is 1. The van der Waals surface area contributed by atoms with Gasteiger partial charge in [0.15, 0.2) is 0 Å². The second kappa shape index (κ2) is 8.39. The minimum Gasteiger partial charge on any atom is -0.282 e. The maximum absolute atomic E-state index is 12.5. The first-order valence-electron chi connectivity index (χ1n) is 10.0. The van der Waals surface area contributed by atoms with Crippen LogP contribution in [0.15, 0.2) is 108 Å². The lowest BCUT2D eigenvalue weighted by Crippen LogP contribution is -2.40. The summed E-state index contributed by atoms with van der Waals surface area (Å²) in [6, 6.07) is 33.2. The van der Waals surface area contributed by atoms with E-state index in [0.29, 0.717) is 5.30 Å². The van der Waals surface area contributed by atoms with Crippen molar-refractivity contribution in [1.82, 2.24) is 0 Å². The molecule has 0 atom stereocenters. The van der Waals surface area contributed by atoms with Gasteiger partial charge in [-0.3, -0.25) is 4.55 Å². The third kappa shape index (κ3) is 3.83. The lowest BCUT2D eigenvalue weighted by molar-refractivity contribution is 0.484. The van der Waals surface area contributed by atoms with Gasteiger partial charge >= 0.3 is 0 Å². The van der Waals surface area contributed by atoms with Gasteiger partial charge in [0, 0.05) is 0 Å². The fraction of sp³-hybridized carbons (Fsp3) is 0.0769. The maximum atomic E-state index is 12.5. The molecule has 0 aliphatic heterocycles. The normalized spacial score (nSPS) is 12.0. The first-order valence-corrected chi connectivity index (χ1v) is 13.2. The maximum Gasteiger partial charge on any atom is 0.298 e. The van der Waals surface area contributed by atoms with E-state index >= 15 is 0 Å². The molecule has 0 saturated heterocycles. The van der Waals surface area contributed by atoms with Crippen LogP contribution in [0, 0.1) is 13.8 Å². The molecule has 156 valence electrons. The summed E-state index contributed by atoms with van der Waals surface area (Å²) in [6.45, 7) is 4.13. The Hall–Kier alpha value is -2.78. The third-order valence-corrected chi connectivity index (χ3v) is 11.0. The molecule has 0 radical (unpaired) electrons. The third-order valence-electron chi connectivity index (χ3n) is 5.67. The van der Waals surface area contributed by atoms with Gasteiger partial charge in [-0.15, -0.1) is 0 Å². The van der Waals surface area contributed by atoms with Crippen molar-refractivity contribution in [3.8, 4) is 0 Å². The van der Waals surface area contributed by atoms with Gasteiger partial charge in [-0.25, -0.2) is 0 Å². The molecule has 5 heteroatoms. The van der Waals surface area contributed by atoms with Crippen molar-refractivity contribution in [1.29, 1.82) is 0 Å². The van der Waals surface area contributed by atoms with Crippen LogP contribution in [0.1, 0.15) is 11.1 Å². The van der Waals surface area contributed by atoms with E-state index in [1.165, 1.54) is 11.6 Å². The van der Waals surface area contributed by atoms with Gasteiger partial charge < -0.3 is 0 Å². The Balaban J connectivity index is 2.24. The van der Waals surface area contributed by atoms with Gasteiger partial charge in [-0.1, -0.05) is 54.6 Å². The summed E-state index contributed by atoms with van der Waals surface area (Å²) in [5.74, 6) is 0. The van der Waals surface area contributed by atoms with Crippen molar-refractivity contribution in [3.05, 3.63) is 114 Å². The molecule has 0 saturated carbocycles. The molecule has 0 aromatic heterocycles. The molecular weight excluding hydrogens is 423 g/mol. The van der Waals surface area contributed by atoms with Crippen LogP contribution in [-0.2, 0) is 10.1 Å². The molecule has 0 aliphatic carbocycles. The van der Waals surface area contributed by atoms with Crippen LogP contribution in [0.25, 0.3) is 0 Å². The summed E-state index contributed by atoms with van der Waals surface area (Å²) in [6.07, 6.45) is 0. The molecule has 3 nitrogen and oxygen atoms in total. The Morgan fingerprint density at radius 1 is 0.613 bits per heavy atom. The molecule has 0 bridgehead atoms. The van der Waals surface area contributed by atoms with Crippen molar-refractivity contribution >= 4 is 38.6 Å². The highest BCUT2D eigenvalue weighted by molar-refractivity contribution is 8.02. The first-order chi connectivity index (χ1) is 14.8. The van der Waals surface area contributed by atoms with E-state index in [1.807, 2.05) is 48.5 Å². The van der Waals surface area contributed by atoms with Gasteiger partial charge in [0.2, 0.25) is 0 Å². The van der Waals surface area contributed by atoms with E-state index in [0.717, 1.165) is 21.5 Å². The highest BCUT2D eigenvalue weighted by atomic mass is 32.2. The topological polar surface area (TPSA) is 54.4 Å². The Kier molecular flexibility index (Phi) is 5.81. The van der Waals surface area contributed by atoms with Crippen molar-refractivity contribution in [2.45, 2.75) is 18.7 Å². The van der Waals surface area contributed by atoms with E-state index in [9.17, 15) is 13.0 Å². The van der Waals surface area contributed by atoms with Crippen LogP contribution < -0.4 is 21.2 Å². The van der Waals surface area contributed by atoms with Crippen LogP contribution >= 0.6 is 7.26 Å². The quantitative estimate of drug-likeness (QED) is 0.369. The summed E-state index contributed by atoms with van der Waals surface area (Å²) in [4.78, 5) is -0.0470. The van der Waals surface area contributed by atoms with Gasteiger partial charge in [0.1, 0.15) is 33.4 Å². The zero-order valence-electron chi connectivity index (χ0n) is 17.4. The minimum absolute atomic E-state index is 0.0470. The average molecular weight is 448 g/mol. The number of benzene rings is 4. The number of aryl methyl sites for hydroxylation is 2. The lowest BCUT2D eigenvalue weighted by Gasteiger charge is -2.29. The molecule has 4 rings (SSSR count). The SMILES string of the molecule is Cc1ccc([P+](c2ccccc2)(c2ccccc2)c2ccccc2S(=O)(=O)O)cc1C. The van der Waals surface area contributed by atoms with Gasteiger partial charge in [-0.05, 0) is 73.5 Å². The molecule has 0 fully saturated rings.